The molecule has 0 aromatic carbocycles. The van der Waals surface area contributed by atoms with E-state index in [2.05, 4.69) is 31.9 Å². The van der Waals surface area contributed by atoms with Crippen LogP contribution in [-0.2, 0) is 25.0 Å². The van der Waals surface area contributed by atoms with Crippen molar-refractivity contribution >= 4 is 45.5 Å². The van der Waals surface area contributed by atoms with Crippen LogP contribution in [0.5, 0.6) is 0 Å². The van der Waals surface area contributed by atoms with Crippen molar-refractivity contribution in [2.75, 3.05) is 30.4 Å². The van der Waals surface area contributed by atoms with Gasteiger partial charge in [-0.05, 0) is 6.07 Å². The highest BCUT2D eigenvalue weighted by molar-refractivity contribution is 9.09. The van der Waals surface area contributed by atoms with E-state index in [1.54, 1.807) is 4.98 Å². The van der Waals surface area contributed by atoms with E-state index in [0.29, 0.717) is 16.9 Å². The number of nitrogens with one attached hydrogen (secondary N) is 1. The first-order chi connectivity index (χ1) is 17.1. The number of rotatable bonds is 13. The number of nitrogens with zero attached hydrogens (tertiary/aromatic N) is 3. The number of hydrogen-bond donors (Lipinski definition) is 2. The Morgan fingerprint density at radius 2 is 2.00 bits per heavy atom. The molecule has 0 spiro atoms. The van der Waals surface area contributed by atoms with E-state index in [9.17, 15) is 33.8 Å². The lowest BCUT2D eigenvalue weighted by molar-refractivity contribution is -0.402. The van der Waals surface area contributed by atoms with Gasteiger partial charge in [-0.2, -0.15) is 4.39 Å². The molecule has 4 atom stereocenters. The van der Waals surface area contributed by atoms with E-state index in [0.717, 1.165) is 10.6 Å². The third kappa shape index (κ3) is 6.98. The Morgan fingerprint density at radius 3 is 2.61 bits per heavy atom. The molecule has 0 bridgehead atoms. The Labute approximate surface area is 219 Å². The Balaban J connectivity index is 1.74. The molecular weight excluding hydrogens is 642 g/mol. The number of ether oxygens (including phenoxy) is 1. The fraction of sp³-hybridized carbons (Fsp3) is 0.556. The van der Waals surface area contributed by atoms with Crippen LogP contribution < -0.4 is 11.2 Å². The number of halogens is 3. The van der Waals surface area contributed by atoms with Crippen molar-refractivity contribution in [1.82, 2.24) is 14.2 Å². The summed E-state index contributed by atoms with van der Waals surface area (Å²) in [6.07, 6.45) is -2.83. The molecule has 36 heavy (non-hydrogen) atoms. The van der Waals surface area contributed by atoms with Crippen molar-refractivity contribution in [3.05, 3.63) is 60.9 Å². The summed E-state index contributed by atoms with van der Waals surface area (Å²) >= 11 is 6.54. The van der Waals surface area contributed by atoms with Crippen molar-refractivity contribution in [1.29, 1.82) is 0 Å². The van der Waals surface area contributed by atoms with Gasteiger partial charge in [0.15, 0.2) is 0 Å². The second kappa shape index (κ2) is 12.7. The van der Waals surface area contributed by atoms with Gasteiger partial charge in [0.05, 0.1) is 25.0 Å². The molecule has 3 rings (SSSR count). The quantitative estimate of drug-likeness (QED) is 0.139. The molecule has 1 fully saturated rings. The van der Waals surface area contributed by atoms with Crippen LogP contribution in [0.2, 0.25) is 0 Å². The van der Waals surface area contributed by atoms with Gasteiger partial charge < -0.3 is 14.3 Å². The Morgan fingerprint density at radius 1 is 1.31 bits per heavy atom. The highest BCUT2D eigenvalue weighted by atomic mass is 79.9. The number of alkyl halides is 2. The summed E-state index contributed by atoms with van der Waals surface area (Å²) in [6.45, 7) is -0.363. The molecule has 18 heteroatoms. The SMILES string of the molecule is O=c1[nH]c(=O)n([C@H]2C[C@H](O)[C@@H](COP(=O)(OCc3ccc([N+](=O)[O-])o3)N(CCBr)CCBr)O2)cc1F. The van der Waals surface area contributed by atoms with Gasteiger partial charge in [-0.3, -0.25) is 33.5 Å². The Kier molecular flexibility index (Phi) is 10.2. The average Bonchev–Trinajstić information content (AvgIpc) is 3.45. The lowest BCUT2D eigenvalue weighted by Crippen LogP contribution is -2.34. The summed E-state index contributed by atoms with van der Waals surface area (Å²) in [7, 11) is -4.06. The zero-order valence-electron chi connectivity index (χ0n) is 18.5. The molecular formula is C18H22Br2FN4O10P. The standard InChI is InChI=1S/C18H22Br2FN4O10P/c19-3-5-23(6-4-20)36(31,32-9-11-1-2-15(34-11)25(29)30)33-10-14-13(26)7-16(35-14)24-8-12(21)17(27)22-18(24)28/h1-2,8,13-14,16,26H,3-7,9-10H2,(H,22,27,28)/t13-,14+,16+,36?/m0/s1. The summed E-state index contributed by atoms with van der Waals surface area (Å²) in [5.74, 6) is -1.67. The summed E-state index contributed by atoms with van der Waals surface area (Å²) in [5, 5.41) is 22.1. The zero-order valence-corrected chi connectivity index (χ0v) is 22.5. The number of aromatic nitrogens is 2. The van der Waals surface area contributed by atoms with E-state index in [4.69, 9.17) is 18.2 Å². The number of nitro groups is 1. The maximum Gasteiger partial charge on any atom is 0.433 e. The van der Waals surface area contributed by atoms with Gasteiger partial charge in [0.1, 0.15) is 29.6 Å². The van der Waals surface area contributed by atoms with Gasteiger partial charge in [-0.1, -0.05) is 31.9 Å². The monoisotopic (exact) mass is 662 g/mol. The Bertz CT molecular complexity index is 1220. The van der Waals surface area contributed by atoms with Crippen molar-refractivity contribution in [2.24, 2.45) is 0 Å². The molecule has 3 heterocycles. The first-order valence-electron chi connectivity index (χ1n) is 10.4. The third-order valence-corrected chi connectivity index (χ3v) is 7.80. The highest BCUT2D eigenvalue weighted by Crippen LogP contribution is 2.53. The number of aliphatic hydroxyl groups is 1. The number of H-pyrrole nitrogens is 1. The van der Waals surface area contributed by atoms with Crippen molar-refractivity contribution < 1.29 is 37.2 Å². The van der Waals surface area contributed by atoms with Crippen LogP contribution in [0.4, 0.5) is 10.3 Å². The van der Waals surface area contributed by atoms with E-state index in [-0.39, 0.29) is 25.3 Å². The van der Waals surface area contributed by atoms with E-state index >= 15 is 0 Å². The molecule has 14 nitrogen and oxygen atoms in total. The number of aliphatic hydroxyl groups excluding tert-OH is 1. The van der Waals surface area contributed by atoms with Crippen LogP contribution in [0.1, 0.15) is 18.4 Å². The molecule has 0 saturated carbocycles. The molecule has 1 aliphatic rings. The van der Waals surface area contributed by atoms with Gasteiger partial charge >= 0.3 is 19.3 Å². The van der Waals surface area contributed by atoms with Crippen LogP contribution in [-0.4, -0.2) is 66.8 Å². The first-order valence-corrected chi connectivity index (χ1v) is 14.2. The minimum absolute atomic E-state index is 0.0415. The summed E-state index contributed by atoms with van der Waals surface area (Å²) in [6, 6.07) is 2.43. The lowest BCUT2D eigenvalue weighted by Gasteiger charge is -2.30. The minimum atomic E-state index is -4.06. The molecule has 0 amide bonds. The van der Waals surface area contributed by atoms with Crippen LogP contribution in [0.25, 0.3) is 0 Å². The maximum absolute atomic E-state index is 13.7. The summed E-state index contributed by atoms with van der Waals surface area (Å²) in [5.41, 5.74) is -2.11. The van der Waals surface area contributed by atoms with Crippen LogP contribution in [0.15, 0.2) is 32.3 Å². The van der Waals surface area contributed by atoms with Gasteiger partial charge in [0, 0.05) is 30.2 Å². The molecule has 0 radical (unpaired) electrons. The van der Waals surface area contributed by atoms with Crippen LogP contribution in [0, 0.1) is 15.9 Å². The molecule has 1 aliphatic heterocycles. The summed E-state index contributed by atoms with van der Waals surface area (Å²) in [4.78, 5) is 35.2. The topological polar surface area (TPSA) is 179 Å². The largest absolute Gasteiger partial charge is 0.433 e. The molecule has 1 saturated heterocycles. The van der Waals surface area contributed by atoms with E-state index < -0.39 is 67.3 Å². The van der Waals surface area contributed by atoms with Crippen molar-refractivity contribution in [2.45, 2.75) is 31.5 Å². The van der Waals surface area contributed by atoms with Crippen molar-refractivity contribution in [3.8, 4) is 0 Å². The van der Waals surface area contributed by atoms with Gasteiger partial charge in [0.25, 0.3) is 5.56 Å². The number of furan rings is 1. The first kappa shape index (κ1) is 28.8. The van der Waals surface area contributed by atoms with Crippen LogP contribution >= 0.6 is 39.6 Å². The van der Waals surface area contributed by atoms with Crippen molar-refractivity contribution in [3.63, 3.8) is 0 Å². The van der Waals surface area contributed by atoms with Gasteiger partial charge in [-0.25, -0.2) is 14.0 Å². The number of hydrogen-bond acceptors (Lipinski definition) is 10. The fourth-order valence-corrected chi connectivity index (χ4v) is 6.44. The molecule has 2 aromatic rings. The predicted molar refractivity (Wildman–Crippen MR) is 129 cm³/mol. The summed E-state index contributed by atoms with van der Waals surface area (Å²) < 4.78 is 51.4. The molecule has 2 aromatic heterocycles. The molecule has 2 N–H and O–H groups in total. The molecule has 1 unspecified atom stereocenters. The molecule has 200 valence electrons. The average molecular weight is 664 g/mol. The van der Waals surface area contributed by atoms with E-state index in [1.165, 1.54) is 10.7 Å². The fourth-order valence-electron chi connectivity index (χ4n) is 3.32. The zero-order chi connectivity index (χ0) is 26.5. The second-order valence-corrected chi connectivity index (χ2v) is 11.0. The van der Waals surface area contributed by atoms with Crippen LogP contribution in [0.3, 0.4) is 0 Å². The predicted octanol–water partition coefficient (Wildman–Crippen LogP) is 2.26. The normalized spacial score (nSPS) is 21.6. The van der Waals surface area contributed by atoms with Gasteiger partial charge in [0.2, 0.25) is 5.82 Å². The third-order valence-electron chi connectivity index (χ3n) is 5.07. The number of aromatic amines is 1. The minimum Gasteiger partial charge on any atom is -0.403 e. The lowest BCUT2D eigenvalue weighted by atomic mass is 10.2. The van der Waals surface area contributed by atoms with Gasteiger partial charge in [-0.15, -0.1) is 0 Å². The maximum atomic E-state index is 13.7. The van der Waals surface area contributed by atoms with E-state index in [1.807, 2.05) is 0 Å². The molecule has 0 aliphatic carbocycles. The second-order valence-electron chi connectivity index (χ2n) is 7.44. The highest BCUT2D eigenvalue weighted by Gasteiger charge is 2.40. The smallest absolute Gasteiger partial charge is 0.403 e. The Hall–Kier alpha value is -1.72.